The summed E-state index contributed by atoms with van der Waals surface area (Å²) in [4.78, 5) is 26.1. The molecule has 7 heteroatoms. The number of rotatable bonds is 6. The molecule has 0 radical (unpaired) electrons. The van der Waals surface area contributed by atoms with E-state index < -0.39 is 11.6 Å². The summed E-state index contributed by atoms with van der Waals surface area (Å²) in [7, 11) is 0. The fourth-order valence-corrected chi connectivity index (χ4v) is 2.79. The topological polar surface area (TPSA) is 88.3 Å². The molecule has 1 atom stereocenters. The fraction of sp³-hybridized carbons (Fsp3) is 0.444. The van der Waals surface area contributed by atoms with Gasteiger partial charge < -0.3 is 9.73 Å². The van der Waals surface area contributed by atoms with Crippen molar-refractivity contribution >= 4 is 11.9 Å². The van der Waals surface area contributed by atoms with Gasteiger partial charge in [-0.3, -0.25) is 9.69 Å². The Kier molecular flexibility index (Phi) is 4.57. The first kappa shape index (κ1) is 17.1. The smallest absolute Gasteiger partial charge is 0.325 e. The van der Waals surface area contributed by atoms with E-state index in [2.05, 4.69) is 29.4 Å². The number of benzene rings is 1. The number of amides is 3. The molecule has 1 N–H and O–H groups in total. The van der Waals surface area contributed by atoms with Gasteiger partial charge in [0, 0.05) is 5.56 Å². The van der Waals surface area contributed by atoms with Crippen LogP contribution in [0, 0.1) is 5.92 Å². The molecule has 0 spiro atoms. The van der Waals surface area contributed by atoms with Gasteiger partial charge in [0.1, 0.15) is 12.1 Å². The van der Waals surface area contributed by atoms with E-state index >= 15 is 0 Å². The van der Waals surface area contributed by atoms with Crippen LogP contribution in [0.3, 0.4) is 0 Å². The summed E-state index contributed by atoms with van der Waals surface area (Å²) in [6, 6.07) is 8.93. The number of nitrogens with zero attached hydrogens (tertiary/aromatic N) is 3. The summed E-state index contributed by atoms with van der Waals surface area (Å²) < 4.78 is 5.60. The Labute approximate surface area is 146 Å². The molecule has 1 aliphatic rings. The zero-order valence-corrected chi connectivity index (χ0v) is 14.7. The standard InChI is InChI=1S/C18H22N4O3/c1-12(2)9-10-18(3)16(23)22(17(24)19-18)11-14-20-21-15(25-14)13-7-5-4-6-8-13/h4-8,12H,9-11H2,1-3H3,(H,19,24)/t18-/m0/s1. The molecule has 1 saturated heterocycles. The van der Waals surface area contributed by atoms with E-state index in [1.54, 1.807) is 6.92 Å². The Morgan fingerprint density at radius 2 is 1.92 bits per heavy atom. The summed E-state index contributed by atoms with van der Waals surface area (Å²) in [6.45, 7) is 5.92. The number of hydrogen-bond donors (Lipinski definition) is 1. The summed E-state index contributed by atoms with van der Waals surface area (Å²) in [6.07, 6.45) is 1.46. The highest BCUT2D eigenvalue weighted by atomic mass is 16.4. The molecule has 0 unspecified atom stereocenters. The molecule has 1 fully saturated rings. The van der Waals surface area contributed by atoms with Gasteiger partial charge in [-0.25, -0.2) is 4.79 Å². The molecule has 2 heterocycles. The Hall–Kier alpha value is -2.70. The lowest BCUT2D eigenvalue weighted by molar-refractivity contribution is -0.131. The predicted molar refractivity (Wildman–Crippen MR) is 91.3 cm³/mol. The van der Waals surface area contributed by atoms with E-state index in [0.29, 0.717) is 18.2 Å². The Morgan fingerprint density at radius 3 is 2.60 bits per heavy atom. The van der Waals surface area contributed by atoms with Gasteiger partial charge >= 0.3 is 6.03 Å². The Balaban J connectivity index is 1.72. The van der Waals surface area contributed by atoms with E-state index in [1.807, 2.05) is 30.3 Å². The third-order valence-electron chi connectivity index (χ3n) is 4.35. The molecule has 132 valence electrons. The van der Waals surface area contributed by atoms with Crippen molar-refractivity contribution in [3.05, 3.63) is 36.2 Å². The first-order chi connectivity index (χ1) is 11.9. The first-order valence-corrected chi connectivity index (χ1v) is 8.41. The minimum Gasteiger partial charge on any atom is -0.419 e. The zero-order chi connectivity index (χ0) is 18.0. The van der Waals surface area contributed by atoms with Crippen molar-refractivity contribution in [1.82, 2.24) is 20.4 Å². The van der Waals surface area contributed by atoms with Crippen molar-refractivity contribution in [1.29, 1.82) is 0 Å². The monoisotopic (exact) mass is 342 g/mol. The van der Waals surface area contributed by atoms with Crippen LogP contribution < -0.4 is 5.32 Å². The van der Waals surface area contributed by atoms with Crippen molar-refractivity contribution in [3.8, 4) is 11.5 Å². The molecule has 3 rings (SSSR count). The number of imide groups is 1. The lowest BCUT2D eigenvalue weighted by Crippen LogP contribution is -2.44. The third kappa shape index (κ3) is 3.55. The normalized spacial score (nSPS) is 20.4. The lowest BCUT2D eigenvalue weighted by atomic mass is 9.92. The number of urea groups is 1. The van der Waals surface area contributed by atoms with Crippen LogP contribution in [0.1, 0.15) is 39.5 Å². The number of carbonyl (C=O) groups excluding carboxylic acids is 2. The van der Waals surface area contributed by atoms with E-state index in [4.69, 9.17) is 4.42 Å². The second-order valence-corrected chi connectivity index (χ2v) is 6.95. The van der Waals surface area contributed by atoms with Crippen molar-refractivity contribution < 1.29 is 14.0 Å². The maximum Gasteiger partial charge on any atom is 0.325 e. The lowest BCUT2D eigenvalue weighted by Gasteiger charge is -2.22. The molecule has 0 aliphatic carbocycles. The van der Waals surface area contributed by atoms with Crippen LogP contribution in [-0.4, -0.2) is 32.6 Å². The summed E-state index contributed by atoms with van der Waals surface area (Å²) >= 11 is 0. The minimum absolute atomic E-state index is 0.0260. The number of nitrogens with one attached hydrogen (secondary N) is 1. The fourth-order valence-electron chi connectivity index (χ4n) is 2.79. The number of carbonyl (C=O) groups is 2. The maximum absolute atomic E-state index is 12.7. The highest BCUT2D eigenvalue weighted by Gasteiger charge is 2.47. The Morgan fingerprint density at radius 1 is 1.20 bits per heavy atom. The Bertz CT molecular complexity index is 772. The van der Waals surface area contributed by atoms with Gasteiger partial charge in [-0.05, 0) is 37.8 Å². The van der Waals surface area contributed by atoms with Gasteiger partial charge in [-0.2, -0.15) is 0 Å². The molecule has 1 aromatic heterocycles. The summed E-state index contributed by atoms with van der Waals surface area (Å²) in [5.74, 6) is 0.804. The largest absolute Gasteiger partial charge is 0.419 e. The molecule has 0 bridgehead atoms. The predicted octanol–water partition coefficient (Wildman–Crippen LogP) is 2.98. The summed E-state index contributed by atoms with van der Waals surface area (Å²) in [5, 5.41) is 10.7. The van der Waals surface area contributed by atoms with Crippen molar-refractivity contribution in [2.75, 3.05) is 0 Å². The highest BCUT2D eigenvalue weighted by molar-refractivity contribution is 6.06. The molecule has 1 aliphatic heterocycles. The van der Waals surface area contributed by atoms with Crippen LogP contribution in [0.4, 0.5) is 4.79 Å². The average Bonchev–Trinajstić information content (AvgIpc) is 3.14. The zero-order valence-electron chi connectivity index (χ0n) is 14.7. The quantitative estimate of drug-likeness (QED) is 0.815. The van der Waals surface area contributed by atoms with E-state index in [0.717, 1.165) is 16.9 Å². The van der Waals surface area contributed by atoms with Gasteiger partial charge in [0.15, 0.2) is 0 Å². The third-order valence-corrected chi connectivity index (χ3v) is 4.35. The molecule has 2 aromatic rings. The van der Waals surface area contributed by atoms with Crippen LogP contribution in [-0.2, 0) is 11.3 Å². The van der Waals surface area contributed by atoms with Gasteiger partial charge in [-0.15, -0.1) is 10.2 Å². The molecule has 7 nitrogen and oxygen atoms in total. The van der Waals surface area contributed by atoms with Gasteiger partial charge in [0.2, 0.25) is 11.8 Å². The first-order valence-electron chi connectivity index (χ1n) is 8.41. The van der Waals surface area contributed by atoms with Gasteiger partial charge in [-0.1, -0.05) is 32.0 Å². The number of hydrogen-bond acceptors (Lipinski definition) is 5. The molecule has 3 amide bonds. The van der Waals surface area contributed by atoms with Crippen molar-refractivity contribution in [2.45, 2.75) is 45.7 Å². The molecular weight excluding hydrogens is 320 g/mol. The van der Waals surface area contributed by atoms with E-state index in [1.165, 1.54) is 0 Å². The average molecular weight is 342 g/mol. The highest BCUT2D eigenvalue weighted by Crippen LogP contribution is 2.26. The van der Waals surface area contributed by atoms with Crippen LogP contribution in [0.2, 0.25) is 0 Å². The van der Waals surface area contributed by atoms with Crippen LogP contribution in [0.5, 0.6) is 0 Å². The SMILES string of the molecule is CC(C)CC[C@]1(C)NC(=O)N(Cc2nnc(-c3ccccc3)o2)C1=O. The van der Waals surface area contributed by atoms with Crippen molar-refractivity contribution in [2.24, 2.45) is 5.92 Å². The van der Waals surface area contributed by atoms with Crippen LogP contribution >= 0.6 is 0 Å². The number of aromatic nitrogens is 2. The van der Waals surface area contributed by atoms with Gasteiger partial charge in [0.25, 0.3) is 5.91 Å². The second kappa shape index (κ2) is 6.66. The van der Waals surface area contributed by atoms with Crippen molar-refractivity contribution in [3.63, 3.8) is 0 Å². The van der Waals surface area contributed by atoms with Crippen LogP contribution in [0.15, 0.2) is 34.7 Å². The molecular formula is C18H22N4O3. The van der Waals surface area contributed by atoms with Crippen LogP contribution in [0.25, 0.3) is 11.5 Å². The molecule has 1 aromatic carbocycles. The summed E-state index contributed by atoms with van der Waals surface area (Å²) in [5.41, 5.74) is -0.0795. The van der Waals surface area contributed by atoms with E-state index in [-0.39, 0.29) is 18.3 Å². The maximum atomic E-state index is 12.7. The van der Waals surface area contributed by atoms with E-state index in [9.17, 15) is 9.59 Å². The van der Waals surface area contributed by atoms with Gasteiger partial charge in [0.05, 0.1) is 0 Å². The molecule has 0 saturated carbocycles. The second-order valence-electron chi connectivity index (χ2n) is 6.95. The molecule has 25 heavy (non-hydrogen) atoms. The minimum atomic E-state index is -0.871.